The zero-order chi connectivity index (χ0) is 18.1. The topological polar surface area (TPSA) is 60.0 Å². The van der Waals surface area contributed by atoms with Crippen LogP contribution in [0.25, 0.3) is 0 Å². The zero-order valence-corrected chi connectivity index (χ0v) is 15.1. The van der Waals surface area contributed by atoms with E-state index in [-0.39, 0.29) is 12.8 Å². The summed E-state index contributed by atoms with van der Waals surface area (Å²) in [5.74, 6) is 1.58. The molecule has 25 heavy (non-hydrogen) atoms. The first-order valence-corrected chi connectivity index (χ1v) is 8.37. The highest BCUT2D eigenvalue weighted by molar-refractivity contribution is 5.29. The van der Waals surface area contributed by atoms with Gasteiger partial charge in [-0.15, -0.1) is 0 Å². The third kappa shape index (κ3) is 6.74. The van der Waals surface area contributed by atoms with Gasteiger partial charge in [0, 0.05) is 20.1 Å². The van der Waals surface area contributed by atoms with Crippen LogP contribution in [0.2, 0.25) is 0 Å². The van der Waals surface area contributed by atoms with Gasteiger partial charge in [-0.25, -0.2) is 0 Å². The van der Waals surface area contributed by atoms with Gasteiger partial charge in [-0.1, -0.05) is 24.3 Å². The Morgan fingerprint density at radius 3 is 2.52 bits per heavy atom. The number of aliphatic hydroxyl groups is 1. The van der Waals surface area contributed by atoms with Gasteiger partial charge in [0.2, 0.25) is 0 Å². The van der Waals surface area contributed by atoms with Gasteiger partial charge in [0.25, 0.3) is 0 Å². The molecule has 2 aromatic carbocycles. The Morgan fingerprint density at radius 1 is 1.04 bits per heavy atom. The predicted octanol–water partition coefficient (Wildman–Crippen LogP) is 2.55. The minimum atomic E-state index is -0.622. The summed E-state index contributed by atoms with van der Waals surface area (Å²) < 4.78 is 16.3. The largest absolute Gasteiger partial charge is 0.497 e. The summed E-state index contributed by atoms with van der Waals surface area (Å²) in [6.07, 6.45) is -0.136. The minimum Gasteiger partial charge on any atom is -0.497 e. The maximum absolute atomic E-state index is 10.1. The van der Waals surface area contributed by atoms with Gasteiger partial charge in [-0.3, -0.25) is 5.32 Å². The monoisotopic (exact) mass is 345 g/mol. The summed E-state index contributed by atoms with van der Waals surface area (Å²) in [7, 11) is 3.29. The fourth-order valence-corrected chi connectivity index (χ4v) is 2.48. The van der Waals surface area contributed by atoms with Crippen molar-refractivity contribution in [3.63, 3.8) is 0 Å². The lowest BCUT2D eigenvalue weighted by Crippen LogP contribution is -2.40. The molecule has 0 aromatic heterocycles. The number of hydrogen-bond donors (Lipinski definition) is 2. The van der Waals surface area contributed by atoms with Crippen LogP contribution in [-0.4, -0.2) is 44.8 Å². The van der Waals surface area contributed by atoms with Crippen LogP contribution in [0, 0.1) is 6.92 Å². The summed E-state index contributed by atoms with van der Waals surface area (Å²) in [5.41, 5.74) is 2.23. The Bertz CT molecular complexity index is 647. The Balaban J connectivity index is 1.77. The molecule has 0 radical (unpaired) electrons. The van der Waals surface area contributed by atoms with E-state index in [4.69, 9.17) is 14.2 Å². The highest BCUT2D eigenvalue weighted by Crippen LogP contribution is 2.14. The van der Waals surface area contributed by atoms with Gasteiger partial charge >= 0.3 is 0 Å². The van der Waals surface area contributed by atoms with Crippen LogP contribution >= 0.6 is 0 Å². The maximum Gasteiger partial charge on any atom is 0.119 e. The molecule has 0 aliphatic rings. The molecule has 0 spiro atoms. The molecule has 0 amide bonds. The van der Waals surface area contributed by atoms with Crippen molar-refractivity contribution in [2.75, 3.05) is 27.4 Å². The van der Waals surface area contributed by atoms with E-state index in [1.807, 2.05) is 55.5 Å². The highest BCUT2D eigenvalue weighted by Gasteiger charge is 2.12. The number of ether oxygens (including phenoxy) is 3. The van der Waals surface area contributed by atoms with E-state index >= 15 is 0 Å². The average Bonchev–Trinajstić information content (AvgIpc) is 2.63. The molecule has 0 bridgehead atoms. The van der Waals surface area contributed by atoms with Crippen molar-refractivity contribution < 1.29 is 19.3 Å². The van der Waals surface area contributed by atoms with Gasteiger partial charge in [-0.2, -0.15) is 0 Å². The molecule has 0 aliphatic heterocycles. The van der Waals surface area contributed by atoms with Gasteiger partial charge in [-0.05, 0) is 42.3 Å². The van der Waals surface area contributed by atoms with Crippen molar-refractivity contribution in [3.8, 4) is 11.5 Å². The van der Waals surface area contributed by atoms with Crippen molar-refractivity contribution in [2.24, 2.45) is 0 Å². The molecule has 2 atom stereocenters. The smallest absolute Gasteiger partial charge is 0.119 e. The number of hydrogen-bond acceptors (Lipinski definition) is 5. The molecule has 0 saturated carbocycles. The second-order valence-electron chi connectivity index (χ2n) is 5.97. The van der Waals surface area contributed by atoms with E-state index in [2.05, 4.69) is 5.32 Å². The quantitative estimate of drug-likeness (QED) is 0.648. The SMILES string of the molecule is COc1cccc(CC(NCC(O)COc2cccc(C)c2)OC)c1. The van der Waals surface area contributed by atoms with Gasteiger partial charge in [0.1, 0.15) is 30.4 Å². The first-order valence-electron chi connectivity index (χ1n) is 8.37. The van der Waals surface area contributed by atoms with Gasteiger partial charge in [0.15, 0.2) is 0 Å². The summed E-state index contributed by atoms with van der Waals surface area (Å²) in [5, 5.41) is 13.3. The molecule has 0 aliphatic carbocycles. The van der Waals surface area contributed by atoms with Crippen LogP contribution in [0.15, 0.2) is 48.5 Å². The molecule has 0 fully saturated rings. The van der Waals surface area contributed by atoms with E-state index in [9.17, 15) is 5.11 Å². The van der Waals surface area contributed by atoms with Gasteiger partial charge < -0.3 is 19.3 Å². The van der Waals surface area contributed by atoms with Crippen LogP contribution in [0.3, 0.4) is 0 Å². The van der Waals surface area contributed by atoms with Crippen LogP contribution < -0.4 is 14.8 Å². The van der Waals surface area contributed by atoms with Crippen molar-refractivity contribution in [2.45, 2.75) is 25.7 Å². The molecule has 0 heterocycles. The standard InChI is InChI=1S/C20H27NO4/c1-15-6-4-9-19(10-15)25-14-17(22)13-21-20(24-3)12-16-7-5-8-18(11-16)23-2/h4-11,17,20-22H,12-14H2,1-3H3. The van der Waals surface area contributed by atoms with Crippen molar-refractivity contribution in [1.29, 1.82) is 0 Å². The molecule has 2 unspecified atom stereocenters. The van der Waals surface area contributed by atoms with E-state index < -0.39 is 6.10 Å². The molecule has 2 N–H and O–H groups in total. The normalized spacial score (nSPS) is 13.3. The van der Waals surface area contributed by atoms with Crippen LogP contribution in [0.5, 0.6) is 11.5 Å². The Kier molecular flexibility index (Phi) is 7.73. The number of benzene rings is 2. The van der Waals surface area contributed by atoms with Gasteiger partial charge in [0.05, 0.1) is 7.11 Å². The lowest BCUT2D eigenvalue weighted by Gasteiger charge is -2.20. The second kappa shape index (κ2) is 10.0. The molecule has 2 aromatic rings. The number of nitrogens with one attached hydrogen (secondary N) is 1. The Hall–Kier alpha value is -2.08. The lowest BCUT2D eigenvalue weighted by molar-refractivity contribution is 0.0465. The highest BCUT2D eigenvalue weighted by atomic mass is 16.5. The first kappa shape index (κ1) is 19.2. The van der Waals surface area contributed by atoms with E-state index in [0.29, 0.717) is 13.0 Å². The molecular weight excluding hydrogens is 318 g/mol. The van der Waals surface area contributed by atoms with Crippen LogP contribution in [0.4, 0.5) is 0 Å². The summed E-state index contributed by atoms with van der Waals surface area (Å²) in [4.78, 5) is 0. The molecule has 136 valence electrons. The molecule has 5 nitrogen and oxygen atoms in total. The molecule has 5 heteroatoms. The third-order valence-electron chi connectivity index (χ3n) is 3.85. The van der Waals surface area contributed by atoms with Crippen LogP contribution in [0.1, 0.15) is 11.1 Å². The molecule has 0 saturated heterocycles. The van der Waals surface area contributed by atoms with Crippen molar-refractivity contribution in [1.82, 2.24) is 5.32 Å². The lowest BCUT2D eigenvalue weighted by atomic mass is 10.1. The number of rotatable bonds is 10. The minimum absolute atomic E-state index is 0.194. The average molecular weight is 345 g/mol. The first-order chi connectivity index (χ1) is 12.1. The summed E-state index contributed by atoms with van der Waals surface area (Å²) in [6, 6.07) is 15.6. The number of aryl methyl sites for hydroxylation is 1. The maximum atomic E-state index is 10.1. The fourth-order valence-electron chi connectivity index (χ4n) is 2.48. The summed E-state index contributed by atoms with van der Waals surface area (Å²) in [6.45, 7) is 2.62. The second-order valence-corrected chi connectivity index (χ2v) is 5.97. The molecular formula is C20H27NO4. The van der Waals surface area contributed by atoms with Crippen molar-refractivity contribution >= 4 is 0 Å². The number of aliphatic hydroxyl groups excluding tert-OH is 1. The van der Waals surface area contributed by atoms with Crippen molar-refractivity contribution in [3.05, 3.63) is 59.7 Å². The van der Waals surface area contributed by atoms with E-state index in [0.717, 1.165) is 22.6 Å². The Labute approximate surface area is 149 Å². The summed E-state index contributed by atoms with van der Waals surface area (Å²) >= 11 is 0. The van der Waals surface area contributed by atoms with Crippen LogP contribution in [-0.2, 0) is 11.2 Å². The Morgan fingerprint density at radius 2 is 1.80 bits per heavy atom. The third-order valence-corrected chi connectivity index (χ3v) is 3.85. The molecule has 2 rings (SSSR count). The number of methoxy groups -OCH3 is 2. The van der Waals surface area contributed by atoms with E-state index in [1.54, 1.807) is 14.2 Å². The fraction of sp³-hybridized carbons (Fsp3) is 0.400. The zero-order valence-electron chi connectivity index (χ0n) is 15.1. The van der Waals surface area contributed by atoms with E-state index in [1.165, 1.54) is 0 Å². The predicted molar refractivity (Wildman–Crippen MR) is 98.2 cm³/mol.